The third-order valence-electron chi connectivity index (χ3n) is 10.3. The highest BCUT2D eigenvalue weighted by Crippen LogP contribution is 2.49. The summed E-state index contributed by atoms with van der Waals surface area (Å²) in [5.41, 5.74) is 14.1. The lowest BCUT2D eigenvalue weighted by Crippen LogP contribution is -1.99. The van der Waals surface area contributed by atoms with Gasteiger partial charge in [0.05, 0.1) is 5.56 Å². The van der Waals surface area contributed by atoms with Gasteiger partial charge < -0.3 is 9.52 Å². The zero-order valence-electron chi connectivity index (χ0n) is 28.2. The lowest BCUT2D eigenvalue weighted by molar-refractivity contribution is 0.476. The number of hydrogen-bond donors (Lipinski definition) is 1. The predicted molar refractivity (Wildman–Crippen MR) is 212 cm³/mol. The molecule has 2 aliphatic rings. The number of furan rings is 1. The molecule has 0 saturated heterocycles. The van der Waals surface area contributed by atoms with Crippen molar-refractivity contribution in [2.75, 3.05) is 0 Å². The van der Waals surface area contributed by atoms with E-state index in [-0.39, 0.29) is 11.7 Å². The van der Waals surface area contributed by atoms with Gasteiger partial charge in [-0.2, -0.15) is 0 Å². The van der Waals surface area contributed by atoms with Crippen molar-refractivity contribution in [3.8, 4) is 50.3 Å². The van der Waals surface area contributed by atoms with E-state index in [0.717, 1.165) is 45.4 Å². The molecule has 0 radical (unpaired) electrons. The van der Waals surface area contributed by atoms with E-state index < -0.39 is 0 Å². The third-order valence-corrected chi connectivity index (χ3v) is 10.3. The lowest BCUT2D eigenvalue weighted by Gasteiger charge is -2.23. The maximum absolute atomic E-state index is 11.5. The molecule has 1 atom stereocenters. The molecule has 2 heteroatoms. The van der Waals surface area contributed by atoms with Gasteiger partial charge in [0.2, 0.25) is 0 Å². The molecule has 240 valence electrons. The summed E-state index contributed by atoms with van der Waals surface area (Å²) in [7, 11) is 0. The molecule has 1 heterocycles. The summed E-state index contributed by atoms with van der Waals surface area (Å²) in [4.78, 5) is 0. The van der Waals surface area contributed by atoms with E-state index in [9.17, 15) is 5.11 Å². The number of rotatable bonds is 4. The molecule has 0 fully saturated rings. The average molecular weight is 645 g/mol. The molecule has 0 aliphatic heterocycles. The highest BCUT2D eigenvalue weighted by molar-refractivity contribution is 6.14. The van der Waals surface area contributed by atoms with Crippen molar-refractivity contribution in [3.05, 3.63) is 162 Å². The van der Waals surface area contributed by atoms with Crippen LogP contribution in [-0.4, -0.2) is 5.11 Å². The number of fused-ring (bicyclic) bond motifs is 5. The Balaban J connectivity index is 1.34. The van der Waals surface area contributed by atoms with E-state index in [1.807, 2.05) is 12.1 Å². The molecule has 1 unspecified atom stereocenters. The molecule has 9 rings (SSSR count). The van der Waals surface area contributed by atoms with Gasteiger partial charge in [-0.25, -0.2) is 0 Å². The molecule has 1 N–H and O–H groups in total. The van der Waals surface area contributed by atoms with E-state index in [1.54, 1.807) is 6.07 Å². The van der Waals surface area contributed by atoms with Crippen molar-refractivity contribution in [1.29, 1.82) is 0 Å². The average Bonchev–Trinajstić information content (AvgIpc) is 3.26. The first-order valence-electron chi connectivity index (χ1n) is 17.4. The minimum atomic E-state index is 0.211. The summed E-state index contributed by atoms with van der Waals surface area (Å²) < 4.78 is 6.52. The van der Waals surface area contributed by atoms with Crippen LogP contribution in [0.3, 0.4) is 0 Å². The van der Waals surface area contributed by atoms with Crippen LogP contribution >= 0.6 is 0 Å². The van der Waals surface area contributed by atoms with Crippen LogP contribution in [0, 0.1) is 12.8 Å². The van der Waals surface area contributed by atoms with E-state index in [0.29, 0.717) is 5.58 Å². The third kappa shape index (κ3) is 4.79. The number of phenolic OH excluding ortho intramolecular Hbond substituents is 1. The summed E-state index contributed by atoms with van der Waals surface area (Å²) in [6.45, 7) is 4.41. The molecular weight excluding hydrogens is 609 g/mol. The second kappa shape index (κ2) is 12.1. The van der Waals surface area contributed by atoms with Gasteiger partial charge in [0.1, 0.15) is 17.1 Å². The quantitative estimate of drug-likeness (QED) is 0.207. The lowest BCUT2D eigenvalue weighted by atomic mass is 9.80. The van der Waals surface area contributed by atoms with Gasteiger partial charge in [-0.3, -0.25) is 0 Å². The Bertz CT molecular complexity index is 2590. The van der Waals surface area contributed by atoms with Crippen LogP contribution in [0.15, 0.2) is 138 Å². The molecule has 2 nitrogen and oxygen atoms in total. The van der Waals surface area contributed by atoms with Gasteiger partial charge in [-0.05, 0) is 104 Å². The highest BCUT2D eigenvalue weighted by Gasteiger charge is 2.25. The zero-order chi connectivity index (χ0) is 33.8. The van der Waals surface area contributed by atoms with Gasteiger partial charge in [0.25, 0.3) is 0 Å². The molecule has 0 bridgehead atoms. The first-order valence-corrected chi connectivity index (χ1v) is 17.4. The Labute approximate surface area is 292 Å². The highest BCUT2D eigenvalue weighted by atomic mass is 16.3. The maximum Gasteiger partial charge on any atom is 0.146 e. The predicted octanol–water partition coefficient (Wildman–Crippen LogP) is 13.4. The van der Waals surface area contributed by atoms with E-state index in [4.69, 9.17) is 4.42 Å². The standard InChI is InChI=1S/C48H36O2/c1-30-24-26-40-41(27-25-30)46(37-18-10-9-16-35(37)32-14-5-3-6-15-32)39-20-12-11-19-38(39)45(40)33-21-13-22-34(31(33)2)47-43(49)29-28-42-36-17-7-4-8-23-44(36)50-48(42)47/h3,5-30,49H,4H2,1-2H3. The minimum absolute atomic E-state index is 0.211. The van der Waals surface area contributed by atoms with Crippen LogP contribution < -0.4 is 0 Å². The Kier molecular flexibility index (Phi) is 7.25. The Morgan fingerprint density at radius 1 is 0.540 bits per heavy atom. The Hall–Kier alpha value is -6.12. The molecule has 1 aromatic heterocycles. The van der Waals surface area contributed by atoms with Gasteiger partial charge >= 0.3 is 0 Å². The largest absolute Gasteiger partial charge is 0.507 e. The number of phenols is 1. The van der Waals surface area contributed by atoms with Crippen LogP contribution in [0.1, 0.15) is 41.4 Å². The van der Waals surface area contributed by atoms with Gasteiger partial charge in [0, 0.05) is 10.9 Å². The van der Waals surface area contributed by atoms with Crippen LogP contribution in [0.4, 0.5) is 0 Å². The van der Waals surface area contributed by atoms with Crippen molar-refractivity contribution < 1.29 is 9.52 Å². The van der Waals surface area contributed by atoms with Gasteiger partial charge in [0.15, 0.2) is 0 Å². The molecule has 6 aromatic carbocycles. The molecule has 7 aromatic rings. The molecule has 0 amide bonds. The molecule has 50 heavy (non-hydrogen) atoms. The first-order chi connectivity index (χ1) is 24.6. The summed E-state index contributed by atoms with van der Waals surface area (Å²) in [6, 6.07) is 38.5. The molecule has 2 aliphatic carbocycles. The van der Waals surface area contributed by atoms with Crippen molar-refractivity contribution in [2.45, 2.75) is 20.3 Å². The van der Waals surface area contributed by atoms with E-state index >= 15 is 0 Å². The fourth-order valence-corrected chi connectivity index (χ4v) is 7.90. The molecule has 0 saturated carbocycles. The minimum Gasteiger partial charge on any atom is -0.507 e. The second-order valence-corrected chi connectivity index (χ2v) is 13.3. The van der Waals surface area contributed by atoms with E-state index in [2.05, 4.69) is 153 Å². The molecule has 0 spiro atoms. The summed E-state index contributed by atoms with van der Waals surface area (Å²) in [5.74, 6) is 1.32. The fraction of sp³-hybridized carbons (Fsp3) is 0.0833. The first kappa shape index (κ1) is 30.0. The van der Waals surface area contributed by atoms with Crippen LogP contribution in [0.5, 0.6) is 5.75 Å². The van der Waals surface area contributed by atoms with Gasteiger partial charge in [-0.15, -0.1) is 0 Å². The van der Waals surface area contributed by atoms with Crippen molar-refractivity contribution in [3.63, 3.8) is 0 Å². The van der Waals surface area contributed by atoms with Crippen LogP contribution in [0.25, 0.3) is 90.6 Å². The van der Waals surface area contributed by atoms with Crippen molar-refractivity contribution >= 4 is 46.0 Å². The van der Waals surface area contributed by atoms with Crippen LogP contribution in [-0.2, 0) is 0 Å². The van der Waals surface area contributed by atoms with E-state index in [1.165, 1.54) is 49.7 Å². The monoisotopic (exact) mass is 644 g/mol. The Morgan fingerprint density at radius 3 is 1.88 bits per heavy atom. The van der Waals surface area contributed by atoms with Crippen molar-refractivity contribution in [1.82, 2.24) is 0 Å². The maximum atomic E-state index is 11.5. The smallest absolute Gasteiger partial charge is 0.146 e. The summed E-state index contributed by atoms with van der Waals surface area (Å²) in [6.07, 6.45) is 18.6. The fourth-order valence-electron chi connectivity index (χ4n) is 7.90. The second-order valence-electron chi connectivity index (χ2n) is 13.3. The van der Waals surface area contributed by atoms with Gasteiger partial charge in [-0.1, -0.05) is 147 Å². The number of aromatic hydroxyl groups is 1. The summed E-state index contributed by atoms with van der Waals surface area (Å²) >= 11 is 0. The number of hydrogen-bond acceptors (Lipinski definition) is 2. The topological polar surface area (TPSA) is 33.4 Å². The normalized spacial score (nSPS) is 14.9. The van der Waals surface area contributed by atoms with Crippen LogP contribution in [0.2, 0.25) is 0 Å². The SMILES string of the molecule is Cc1c(-c2c3c(c(-c4ccccc4-c4ccccc4)c4ccccc24)C=CC(C)C=C3)cccc1-c1c(O)ccc2c3c(oc12)C=CCC=C3. The zero-order valence-corrected chi connectivity index (χ0v) is 28.2. The Morgan fingerprint density at radius 2 is 1.14 bits per heavy atom. The van der Waals surface area contributed by atoms with Crippen molar-refractivity contribution in [2.24, 2.45) is 5.92 Å². The molecular formula is C48H36O2. The number of benzene rings is 6. The number of allylic oxidation sites excluding steroid dienone is 4. The summed E-state index contributed by atoms with van der Waals surface area (Å²) in [5, 5.41) is 14.9.